The Kier molecular flexibility index (Phi) is 4.04. The fourth-order valence-electron chi connectivity index (χ4n) is 2.83. The number of aromatic nitrogens is 2. The summed E-state index contributed by atoms with van der Waals surface area (Å²) in [5.41, 5.74) is 3.72. The highest BCUT2D eigenvalue weighted by molar-refractivity contribution is 7.92. The van der Waals surface area contributed by atoms with Gasteiger partial charge in [0, 0.05) is 23.1 Å². The summed E-state index contributed by atoms with van der Waals surface area (Å²) in [4.78, 5) is 12.4. The van der Waals surface area contributed by atoms with Crippen molar-refractivity contribution in [3.05, 3.63) is 71.5 Å². The lowest BCUT2D eigenvalue weighted by Gasteiger charge is -2.10. The van der Waals surface area contributed by atoms with Crippen LogP contribution in [-0.4, -0.2) is 24.5 Å². The van der Waals surface area contributed by atoms with Crippen LogP contribution in [0.2, 0.25) is 0 Å². The van der Waals surface area contributed by atoms with Gasteiger partial charge in [-0.3, -0.25) is 14.6 Å². The van der Waals surface area contributed by atoms with E-state index in [2.05, 4.69) is 20.2 Å². The normalized spacial score (nSPS) is 14.9. The van der Waals surface area contributed by atoms with Crippen molar-refractivity contribution in [2.45, 2.75) is 11.8 Å². The van der Waals surface area contributed by atoms with Crippen LogP contribution < -0.4 is 10.0 Å². The minimum absolute atomic E-state index is 0.177. The highest BCUT2D eigenvalue weighted by atomic mass is 32.2. The van der Waals surface area contributed by atoms with Crippen LogP contribution in [0.5, 0.6) is 0 Å². The molecule has 136 valence electrons. The second kappa shape index (κ2) is 6.40. The van der Waals surface area contributed by atoms with Gasteiger partial charge in [-0.25, -0.2) is 8.42 Å². The van der Waals surface area contributed by atoms with Gasteiger partial charge >= 0.3 is 0 Å². The molecule has 0 radical (unpaired) electrons. The molecule has 0 unspecified atom stereocenters. The number of sulfonamides is 1. The number of carbonyl (C=O) groups is 1. The maximum Gasteiger partial charge on any atom is 0.261 e. The van der Waals surface area contributed by atoms with Crippen molar-refractivity contribution in [1.29, 1.82) is 0 Å². The monoisotopic (exact) mass is 380 g/mol. The molecule has 1 aliphatic rings. The van der Waals surface area contributed by atoms with Gasteiger partial charge in [0.05, 0.1) is 16.2 Å². The zero-order chi connectivity index (χ0) is 19.0. The van der Waals surface area contributed by atoms with E-state index in [1.807, 2.05) is 6.92 Å². The smallest absolute Gasteiger partial charge is 0.261 e. The molecular formula is C19H16N4O3S. The molecule has 0 aliphatic carbocycles. The number of H-pyrrole nitrogens is 1. The average Bonchev–Trinajstić information content (AvgIpc) is 3.24. The molecule has 0 spiro atoms. The molecule has 1 amide bonds. The summed E-state index contributed by atoms with van der Waals surface area (Å²) >= 11 is 0. The third-order valence-electron chi connectivity index (χ3n) is 4.21. The molecule has 0 fully saturated rings. The van der Waals surface area contributed by atoms with Crippen LogP contribution in [-0.2, 0) is 14.8 Å². The van der Waals surface area contributed by atoms with E-state index in [0.29, 0.717) is 28.2 Å². The number of amides is 1. The summed E-state index contributed by atoms with van der Waals surface area (Å²) in [6.45, 7) is 1.89. The van der Waals surface area contributed by atoms with Crippen molar-refractivity contribution < 1.29 is 13.2 Å². The summed E-state index contributed by atoms with van der Waals surface area (Å²) in [5.74, 6) is -0.252. The Hall–Kier alpha value is -3.39. The first-order chi connectivity index (χ1) is 12.9. The lowest BCUT2D eigenvalue weighted by atomic mass is 10.1. The van der Waals surface area contributed by atoms with Gasteiger partial charge in [-0.2, -0.15) is 5.10 Å². The number of aryl methyl sites for hydroxylation is 1. The summed E-state index contributed by atoms with van der Waals surface area (Å²) in [6.07, 6.45) is 3.26. The highest BCUT2D eigenvalue weighted by Gasteiger charge is 2.25. The Labute approximate surface area is 156 Å². The molecule has 1 aromatic heterocycles. The van der Waals surface area contributed by atoms with Gasteiger partial charge in [0.15, 0.2) is 0 Å². The molecule has 8 heteroatoms. The largest absolute Gasteiger partial charge is 0.321 e. The standard InChI is InChI=1S/C19H16N4O3S/c1-12-2-5-15(6-3-12)27(25,26)23-14-4-7-18-16(11-14)17(19(24)21-18)10-13-8-9-20-22-13/h2-11,23H,1H3,(H,20,22)(H,21,24). The zero-order valence-electron chi connectivity index (χ0n) is 14.4. The molecule has 0 bridgehead atoms. The van der Waals surface area contributed by atoms with Crippen LogP contribution in [0.15, 0.2) is 59.6 Å². The van der Waals surface area contributed by atoms with E-state index < -0.39 is 10.0 Å². The van der Waals surface area contributed by atoms with Crippen molar-refractivity contribution >= 4 is 39.0 Å². The van der Waals surface area contributed by atoms with Gasteiger partial charge in [-0.05, 0) is 49.4 Å². The van der Waals surface area contributed by atoms with Crippen LogP contribution in [0.25, 0.3) is 11.6 Å². The quantitative estimate of drug-likeness (QED) is 0.605. The Morgan fingerprint density at radius 1 is 1.07 bits per heavy atom. The van der Waals surface area contributed by atoms with Crippen molar-refractivity contribution in [1.82, 2.24) is 10.2 Å². The lowest BCUT2D eigenvalue weighted by Crippen LogP contribution is -2.13. The van der Waals surface area contributed by atoms with E-state index in [4.69, 9.17) is 0 Å². The fourth-order valence-corrected chi connectivity index (χ4v) is 3.88. The number of hydrogen-bond acceptors (Lipinski definition) is 4. The van der Waals surface area contributed by atoms with Crippen molar-refractivity contribution in [3.63, 3.8) is 0 Å². The van der Waals surface area contributed by atoms with E-state index in [0.717, 1.165) is 5.56 Å². The minimum atomic E-state index is -3.72. The Morgan fingerprint density at radius 2 is 1.85 bits per heavy atom. The predicted molar refractivity (Wildman–Crippen MR) is 104 cm³/mol. The average molecular weight is 380 g/mol. The Balaban J connectivity index is 1.68. The van der Waals surface area contributed by atoms with Crippen LogP contribution >= 0.6 is 0 Å². The number of carbonyl (C=O) groups excluding carboxylic acids is 1. The number of anilines is 2. The van der Waals surface area contributed by atoms with Crippen LogP contribution in [0.1, 0.15) is 16.8 Å². The number of fused-ring (bicyclic) bond motifs is 1. The third kappa shape index (κ3) is 3.34. The third-order valence-corrected chi connectivity index (χ3v) is 5.61. The van der Waals surface area contributed by atoms with Gasteiger partial charge in [0.25, 0.3) is 15.9 Å². The van der Waals surface area contributed by atoms with Gasteiger partial charge in [-0.15, -0.1) is 0 Å². The molecule has 0 saturated heterocycles. The molecule has 4 rings (SSSR count). The SMILES string of the molecule is Cc1ccc(S(=O)(=O)Nc2ccc3c(c2)C(=Cc2ccn[nH]2)C(=O)N3)cc1. The Bertz CT molecular complexity index is 1150. The molecule has 7 nitrogen and oxygen atoms in total. The molecule has 0 atom stereocenters. The summed E-state index contributed by atoms with van der Waals surface area (Å²) in [7, 11) is -3.72. The zero-order valence-corrected chi connectivity index (χ0v) is 15.2. The number of aromatic amines is 1. The van der Waals surface area contributed by atoms with Crippen LogP contribution in [0.3, 0.4) is 0 Å². The summed E-state index contributed by atoms with van der Waals surface area (Å²) in [6, 6.07) is 13.3. The lowest BCUT2D eigenvalue weighted by molar-refractivity contribution is -0.110. The maximum absolute atomic E-state index is 12.6. The van der Waals surface area contributed by atoms with Crippen LogP contribution in [0, 0.1) is 6.92 Å². The molecular weight excluding hydrogens is 364 g/mol. The maximum atomic E-state index is 12.6. The van der Waals surface area contributed by atoms with Crippen molar-refractivity contribution in [2.75, 3.05) is 10.0 Å². The van der Waals surface area contributed by atoms with Gasteiger partial charge in [0.1, 0.15) is 0 Å². The van der Waals surface area contributed by atoms with Gasteiger partial charge in [0.2, 0.25) is 0 Å². The summed E-state index contributed by atoms with van der Waals surface area (Å²) < 4.78 is 27.8. The molecule has 1 aliphatic heterocycles. The Morgan fingerprint density at radius 3 is 2.56 bits per heavy atom. The fraction of sp³-hybridized carbons (Fsp3) is 0.0526. The van der Waals surface area contributed by atoms with E-state index in [1.54, 1.807) is 60.8 Å². The number of nitrogens with zero attached hydrogens (tertiary/aromatic N) is 1. The van der Waals surface area contributed by atoms with Crippen molar-refractivity contribution in [3.8, 4) is 0 Å². The topological polar surface area (TPSA) is 104 Å². The first kappa shape index (κ1) is 17.0. The van der Waals surface area contributed by atoms with E-state index in [-0.39, 0.29) is 10.8 Å². The summed E-state index contributed by atoms with van der Waals surface area (Å²) in [5, 5.41) is 9.40. The molecule has 2 aromatic carbocycles. The molecule has 2 heterocycles. The molecule has 3 N–H and O–H groups in total. The van der Waals surface area contributed by atoms with Gasteiger partial charge < -0.3 is 5.32 Å². The number of nitrogens with one attached hydrogen (secondary N) is 3. The highest BCUT2D eigenvalue weighted by Crippen LogP contribution is 2.35. The number of hydrogen-bond donors (Lipinski definition) is 3. The molecule has 27 heavy (non-hydrogen) atoms. The second-order valence-electron chi connectivity index (χ2n) is 6.20. The molecule has 3 aromatic rings. The number of rotatable bonds is 4. The van der Waals surface area contributed by atoms with Crippen LogP contribution in [0.4, 0.5) is 11.4 Å². The van der Waals surface area contributed by atoms with Gasteiger partial charge in [-0.1, -0.05) is 17.7 Å². The van der Waals surface area contributed by atoms with E-state index >= 15 is 0 Å². The minimum Gasteiger partial charge on any atom is -0.321 e. The second-order valence-corrected chi connectivity index (χ2v) is 7.89. The predicted octanol–water partition coefficient (Wildman–Crippen LogP) is 3.01. The molecule has 0 saturated carbocycles. The van der Waals surface area contributed by atoms with E-state index in [9.17, 15) is 13.2 Å². The first-order valence-electron chi connectivity index (χ1n) is 8.19. The van der Waals surface area contributed by atoms with Crippen molar-refractivity contribution in [2.24, 2.45) is 0 Å². The first-order valence-corrected chi connectivity index (χ1v) is 9.67. The number of benzene rings is 2. The van der Waals surface area contributed by atoms with E-state index in [1.165, 1.54) is 0 Å².